The smallest absolute Gasteiger partial charge is 0.305 e. The van der Waals surface area contributed by atoms with Crippen LogP contribution in [0.2, 0.25) is 0 Å². The molecule has 2 atom stereocenters. The van der Waals surface area contributed by atoms with E-state index in [-0.39, 0.29) is 18.5 Å². The second-order valence-electron chi connectivity index (χ2n) is 22.1. The van der Waals surface area contributed by atoms with Crippen LogP contribution in [0.15, 0.2) is 36.5 Å². The largest absolute Gasteiger partial charge is 0.466 e. The normalized spacial score (nSPS) is 12.8. The Labute approximate surface area is 449 Å². The number of carbonyl (C=O) groups is 2. The SMILES string of the molecule is CCCCCC/C=C\C/C=C\CCCCCCCCCC(=O)OCCCCCCCCCCC/C=C\CCCCCCCCCC(=O)NC(CO)C(O)CCCCCCCCCCCCCCCCCCC. The maximum Gasteiger partial charge on any atom is 0.305 e. The molecule has 0 saturated carbocycles. The number of aliphatic hydroxyl groups excluding tert-OH is 2. The lowest BCUT2D eigenvalue weighted by atomic mass is 10.0. The third-order valence-corrected chi connectivity index (χ3v) is 14.9. The monoisotopic (exact) mass is 1010 g/mol. The fraction of sp³-hybridized carbons (Fsp3) is 0.879. The fourth-order valence-corrected chi connectivity index (χ4v) is 9.96. The van der Waals surface area contributed by atoms with Crippen molar-refractivity contribution >= 4 is 11.9 Å². The number of hydrogen-bond acceptors (Lipinski definition) is 5. The van der Waals surface area contributed by atoms with Crippen LogP contribution in [0.5, 0.6) is 0 Å². The molecular weight excluding hydrogens is 887 g/mol. The van der Waals surface area contributed by atoms with Gasteiger partial charge in [0.2, 0.25) is 5.91 Å². The molecule has 0 saturated heterocycles. The van der Waals surface area contributed by atoms with Crippen molar-refractivity contribution < 1.29 is 24.5 Å². The number of nitrogens with one attached hydrogen (secondary N) is 1. The van der Waals surface area contributed by atoms with Crippen LogP contribution in [0.25, 0.3) is 0 Å². The molecule has 0 aromatic carbocycles. The molecule has 0 radical (unpaired) electrons. The van der Waals surface area contributed by atoms with Crippen molar-refractivity contribution in [1.29, 1.82) is 0 Å². The van der Waals surface area contributed by atoms with Gasteiger partial charge in [0.25, 0.3) is 0 Å². The Hall–Kier alpha value is -1.92. The van der Waals surface area contributed by atoms with Crippen LogP contribution in [0.3, 0.4) is 0 Å². The van der Waals surface area contributed by atoms with Gasteiger partial charge < -0.3 is 20.3 Å². The molecule has 0 aliphatic heterocycles. The van der Waals surface area contributed by atoms with E-state index in [1.165, 1.54) is 263 Å². The number of aliphatic hydroxyl groups is 2. The number of ether oxygens (including phenoxy) is 1. The van der Waals surface area contributed by atoms with E-state index in [4.69, 9.17) is 4.74 Å². The lowest BCUT2D eigenvalue weighted by Crippen LogP contribution is -2.45. The third-order valence-electron chi connectivity index (χ3n) is 14.9. The minimum Gasteiger partial charge on any atom is -0.466 e. The van der Waals surface area contributed by atoms with Gasteiger partial charge in [-0.25, -0.2) is 0 Å². The summed E-state index contributed by atoms with van der Waals surface area (Å²) in [4.78, 5) is 24.6. The first-order chi connectivity index (χ1) is 35.5. The highest BCUT2D eigenvalue weighted by molar-refractivity contribution is 5.76. The standard InChI is InChI=1S/C66H125NO5/c1-3-5-7-9-11-13-15-17-19-21-28-32-36-40-44-48-52-56-60-66(71)72-61-57-53-49-45-41-37-33-29-25-23-22-24-27-31-35-39-43-47-51-55-59-65(70)67-63(62-68)64(69)58-54-50-46-42-38-34-30-26-20-18-16-14-12-10-8-6-4-2/h13,15,19,21-22,24,63-64,68-69H,3-12,14,16-18,20,23,25-62H2,1-2H3,(H,67,70)/b15-13-,21-19-,24-22-. The number of hydrogen-bond donors (Lipinski definition) is 3. The van der Waals surface area contributed by atoms with E-state index < -0.39 is 12.1 Å². The quantitative estimate of drug-likeness (QED) is 0.0320. The summed E-state index contributed by atoms with van der Waals surface area (Å²) in [5.41, 5.74) is 0. The van der Waals surface area contributed by atoms with Gasteiger partial charge in [0.05, 0.1) is 25.4 Å². The van der Waals surface area contributed by atoms with E-state index in [0.717, 1.165) is 51.4 Å². The second-order valence-corrected chi connectivity index (χ2v) is 22.1. The lowest BCUT2D eigenvalue weighted by molar-refractivity contribution is -0.143. The van der Waals surface area contributed by atoms with E-state index in [0.29, 0.717) is 25.9 Å². The van der Waals surface area contributed by atoms with Gasteiger partial charge in [-0.2, -0.15) is 0 Å². The Kier molecular flexibility index (Phi) is 60.0. The Morgan fingerprint density at radius 3 is 1.08 bits per heavy atom. The van der Waals surface area contributed by atoms with Crippen LogP contribution in [-0.4, -0.2) is 47.4 Å². The number of unbranched alkanes of at least 4 members (excludes halogenated alkanes) is 43. The molecule has 6 nitrogen and oxygen atoms in total. The number of rotatable bonds is 60. The molecule has 0 heterocycles. The molecule has 424 valence electrons. The first kappa shape index (κ1) is 70.1. The Morgan fingerprint density at radius 1 is 0.389 bits per heavy atom. The first-order valence-corrected chi connectivity index (χ1v) is 32.2. The van der Waals surface area contributed by atoms with E-state index in [1.54, 1.807) is 0 Å². The number of carbonyl (C=O) groups excluding carboxylic acids is 2. The highest BCUT2D eigenvalue weighted by atomic mass is 16.5. The van der Waals surface area contributed by atoms with Gasteiger partial charge in [0, 0.05) is 12.8 Å². The predicted molar refractivity (Wildman–Crippen MR) is 315 cm³/mol. The maximum absolute atomic E-state index is 12.5. The molecule has 0 fully saturated rings. The van der Waals surface area contributed by atoms with Gasteiger partial charge in [0.15, 0.2) is 0 Å². The van der Waals surface area contributed by atoms with E-state index in [1.807, 2.05) is 0 Å². The van der Waals surface area contributed by atoms with Crippen molar-refractivity contribution in [2.24, 2.45) is 0 Å². The number of amides is 1. The van der Waals surface area contributed by atoms with E-state index in [9.17, 15) is 19.8 Å². The average Bonchev–Trinajstić information content (AvgIpc) is 3.38. The zero-order valence-corrected chi connectivity index (χ0v) is 48.4. The Balaban J connectivity index is 3.43. The van der Waals surface area contributed by atoms with Crippen molar-refractivity contribution in [1.82, 2.24) is 5.32 Å². The van der Waals surface area contributed by atoms with Gasteiger partial charge in [-0.1, -0.05) is 288 Å². The van der Waals surface area contributed by atoms with E-state index >= 15 is 0 Å². The molecule has 1 amide bonds. The molecule has 0 aliphatic rings. The molecule has 0 bridgehead atoms. The summed E-state index contributed by atoms with van der Waals surface area (Å²) < 4.78 is 5.49. The average molecular weight is 1010 g/mol. The summed E-state index contributed by atoms with van der Waals surface area (Å²) >= 11 is 0. The molecule has 0 aromatic rings. The molecule has 2 unspecified atom stereocenters. The number of esters is 1. The van der Waals surface area contributed by atoms with Crippen molar-refractivity contribution in [3.8, 4) is 0 Å². The lowest BCUT2D eigenvalue weighted by Gasteiger charge is -2.22. The zero-order chi connectivity index (χ0) is 52.2. The summed E-state index contributed by atoms with van der Waals surface area (Å²) in [6, 6.07) is -0.549. The highest BCUT2D eigenvalue weighted by Gasteiger charge is 2.20. The topological polar surface area (TPSA) is 95.9 Å². The summed E-state index contributed by atoms with van der Waals surface area (Å²) in [5, 5.41) is 23.3. The summed E-state index contributed by atoms with van der Waals surface area (Å²) in [6.45, 7) is 4.94. The summed E-state index contributed by atoms with van der Waals surface area (Å²) in [7, 11) is 0. The molecule has 0 aliphatic carbocycles. The van der Waals surface area contributed by atoms with Gasteiger partial charge in [-0.05, 0) is 83.5 Å². The summed E-state index contributed by atoms with van der Waals surface area (Å²) in [6.07, 6.45) is 77.2. The van der Waals surface area contributed by atoms with Crippen molar-refractivity contribution in [3.63, 3.8) is 0 Å². The van der Waals surface area contributed by atoms with Crippen LogP contribution >= 0.6 is 0 Å². The van der Waals surface area contributed by atoms with Gasteiger partial charge in [-0.15, -0.1) is 0 Å². The zero-order valence-electron chi connectivity index (χ0n) is 48.4. The second kappa shape index (κ2) is 61.6. The highest BCUT2D eigenvalue weighted by Crippen LogP contribution is 2.17. The molecule has 3 N–H and O–H groups in total. The molecule has 6 heteroatoms. The van der Waals surface area contributed by atoms with Crippen LogP contribution < -0.4 is 5.32 Å². The Bertz CT molecular complexity index is 1170. The van der Waals surface area contributed by atoms with Crippen LogP contribution in [0.4, 0.5) is 0 Å². The van der Waals surface area contributed by atoms with Crippen molar-refractivity contribution in [2.45, 2.75) is 360 Å². The molecule has 0 rings (SSSR count). The van der Waals surface area contributed by atoms with Gasteiger partial charge in [0.1, 0.15) is 0 Å². The predicted octanol–water partition coefficient (Wildman–Crippen LogP) is 20.4. The maximum atomic E-state index is 12.5. The first-order valence-electron chi connectivity index (χ1n) is 32.2. The van der Waals surface area contributed by atoms with Crippen molar-refractivity contribution in [3.05, 3.63) is 36.5 Å². The minimum absolute atomic E-state index is 0.000746. The molecule has 72 heavy (non-hydrogen) atoms. The Morgan fingerprint density at radius 2 is 0.694 bits per heavy atom. The third kappa shape index (κ3) is 57.4. The minimum atomic E-state index is -0.671. The van der Waals surface area contributed by atoms with Gasteiger partial charge >= 0.3 is 5.97 Å². The molecule has 0 aromatic heterocycles. The molecule has 0 spiro atoms. The fourth-order valence-electron chi connectivity index (χ4n) is 9.96. The summed E-state index contributed by atoms with van der Waals surface area (Å²) in [5.74, 6) is -0.0424. The van der Waals surface area contributed by atoms with Crippen LogP contribution in [0, 0.1) is 0 Å². The van der Waals surface area contributed by atoms with Crippen LogP contribution in [0.1, 0.15) is 348 Å². The van der Waals surface area contributed by atoms with E-state index in [2.05, 4.69) is 55.6 Å². The van der Waals surface area contributed by atoms with Crippen LogP contribution in [-0.2, 0) is 14.3 Å². The van der Waals surface area contributed by atoms with Gasteiger partial charge in [-0.3, -0.25) is 9.59 Å². The molecular formula is C66H125NO5. The van der Waals surface area contributed by atoms with Crippen molar-refractivity contribution in [2.75, 3.05) is 13.2 Å². The number of allylic oxidation sites excluding steroid dienone is 6.